The molecular formula is C13H20N6OS. The fourth-order valence-corrected chi connectivity index (χ4v) is 2.96. The number of aromatic nitrogens is 4. The number of anilines is 1. The second-order valence-corrected chi connectivity index (χ2v) is 5.62. The summed E-state index contributed by atoms with van der Waals surface area (Å²) >= 11 is 1.48. The molecule has 0 radical (unpaired) electrons. The topological polar surface area (TPSA) is 75.9 Å². The molecule has 114 valence electrons. The fraction of sp³-hybridized carbons (Fsp3) is 0.538. The highest BCUT2D eigenvalue weighted by Gasteiger charge is 2.15. The lowest BCUT2D eigenvalue weighted by atomic mass is 10.3. The Hall–Kier alpha value is -1.80. The Morgan fingerprint density at radius 3 is 2.90 bits per heavy atom. The van der Waals surface area contributed by atoms with Crippen molar-refractivity contribution in [1.82, 2.24) is 25.1 Å². The Kier molecular flexibility index (Phi) is 5.03. The third-order valence-corrected chi connectivity index (χ3v) is 4.10. The maximum Gasteiger partial charge on any atom is 0.225 e. The van der Waals surface area contributed by atoms with Crippen molar-refractivity contribution in [3.05, 3.63) is 23.2 Å². The van der Waals surface area contributed by atoms with Crippen molar-refractivity contribution in [3.8, 4) is 0 Å². The number of hydrogen-bond acceptors (Lipinski definition) is 6. The van der Waals surface area contributed by atoms with E-state index in [2.05, 4.69) is 20.5 Å². The zero-order valence-corrected chi connectivity index (χ0v) is 13.5. The highest BCUT2D eigenvalue weighted by molar-refractivity contribution is 7.14. The van der Waals surface area contributed by atoms with Crippen molar-refractivity contribution in [1.29, 1.82) is 0 Å². The number of amides is 1. The van der Waals surface area contributed by atoms with Crippen LogP contribution in [0.3, 0.4) is 0 Å². The van der Waals surface area contributed by atoms with E-state index in [4.69, 9.17) is 0 Å². The minimum atomic E-state index is 0.0128. The second kappa shape index (κ2) is 6.77. The van der Waals surface area contributed by atoms with Gasteiger partial charge >= 0.3 is 0 Å². The van der Waals surface area contributed by atoms with Crippen molar-refractivity contribution in [2.75, 3.05) is 11.4 Å². The molecule has 0 aliphatic heterocycles. The van der Waals surface area contributed by atoms with Gasteiger partial charge in [0.15, 0.2) is 5.13 Å². The van der Waals surface area contributed by atoms with E-state index < -0.39 is 0 Å². The maximum atomic E-state index is 11.5. The first-order valence-electron chi connectivity index (χ1n) is 6.82. The zero-order valence-electron chi connectivity index (χ0n) is 12.7. The molecule has 21 heavy (non-hydrogen) atoms. The van der Waals surface area contributed by atoms with Crippen LogP contribution in [0.5, 0.6) is 0 Å². The number of aryl methyl sites for hydroxylation is 1. The molecule has 2 aromatic rings. The van der Waals surface area contributed by atoms with Crippen LogP contribution in [0.2, 0.25) is 0 Å². The van der Waals surface area contributed by atoms with Crippen molar-refractivity contribution in [2.24, 2.45) is 7.05 Å². The van der Waals surface area contributed by atoms with E-state index in [0.717, 1.165) is 16.6 Å². The quantitative estimate of drug-likeness (QED) is 0.875. The van der Waals surface area contributed by atoms with Crippen LogP contribution >= 0.6 is 11.3 Å². The van der Waals surface area contributed by atoms with Gasteiger partial charge in [-0.1, -0.05) is 0 Å². The molecule has 2 aromatic heterocycles. The van der Waals surface area contributed by atoms with Crippen LogP contribution in [0, 0.1) is 0 Å². The number of nitrogens with zero attached hydrogens (tertiary/aromatic N) is 5. The fourth-order valence-electron chi connectivity index (χ4n) is 2.03. The van der Waals surface area contributed by atoms with Crippen LogP contribution < -0.4 is 10.2 Å². The average molecular weight is 308 g/mol. The summed E-state index contributed by atoms with van der Waals surface area (Å²) in [7, 11) is 1.92. The Labute approximate surface area is 128 Å². The van der Waals surface area contributed by atoms with Gasteiger partial charge in [0.05, 0.1) is 11.7 Å². The van der Waals surface area contributed by atoms with Gasteiger partial charge in [0.1, 0.15) is 12.2 Å². The molecule has 8 heteroatoms. The third-order valence-electron chi connectivity index (χ3n) is 3.19. The standard InChI is InChI=1S/C13H20N6OS/c1-5-19(10(3)20)13-16-11(7-21-13)6-14-9(2)12-17-15-8-18(12)4/h7-9,14H,5-6H2,1-4H3. The number of hydrogen-bond donors (Lipinski definition) is 1. The minimum Gasteiger partial charge on any atom is -0.319 e. The molecule has 0 bridgehead atoms. The van der Waals surface area contributed by atoms with Crippen LogP contribution in [0.1, 0.15) is 38.3 Å². The summed E-state index contributed by atoms with van der Waals surface area (Å²) in [5.41, 5.74) is 0.920. The first-order chi connectivity index (χ1) is 10.0. The molecule has 0 aromatic carbocycles. The molecule has 7 nitrogen and oxygen atoms in total. The maximum absolute atomic E-state index is 11.5. The van der Waals surface area contributed by atoms with Crippen LogP contribution in [-0.2, 0) is 18.4 Å². The number of rotatable bonds is 6. The lowest BCUT2D eigenvalue weighted by Crippen LogP contribution is -2.27. The predicted molar refractivity (Wildman–Crippen MR) is 82.1 cm³/mol. The van der Waals surface area contributed by atoms with Gasteiger partial charge in [0, 0.05) is 32.4 Å². The first kappa shape index (κ1) is 15.6. The van der Waals surface area contributed by atoms with Crippen LogP contribution in [0.4, 0.5) is 5.13 Å². The molecule has 1 atom stereocenters. The molecule has 1 amide bonds. The van der Waals surface area contributed by atoms with E-state index in [0.29, 0.717) is 13.1 Å². The number of thiazole rings is 1. The van der Waals surface area contributed by atoms with Gasteiger partial charge in [-0.05, 0) is 13.8 Å². The monoisotopic (exact) mass is 308 g/mol. The normalized spacial score (nSPS) is 12.4. The van der Waals surface area contributed by atoms with E-state index in [-0.39, 0.29) is 11.9 Å². The molecule has 1 N–H and O–H groups in total. The van der Waals surface area contributed by atoms with E-state index in [1.165, 1.54) is 11.3 Å². The summed E-state index contributed by atoms with van der Waals surface area (Å²) in [6.45, 7) is 6.78. The van der Waals surface area contributed by atoms with Gasteiger partial charge in [0.25, 0.3) is 0 Å². The lowest BCUT2D eigenvalue weighted by molar-refractivity contribution is -0.116. The van der Waals surface area contributed by atoms with Gasteiger partial charge in [-0.15, -0.1) is 21.5 Å². The van der Waals surface area contributed by atoms with Crippen LogP contribution in [0.25, 0.3) is 0 Å². The summed E-state index contributed by atoms with van der Waals surface area (Å²) in [5, 5.41) is 14.0. The molecule has 2 heterocycles. The molecule has 1 unspecified atom stereocenters. The molecule has 0 saturated heterocycles. The number of carbonyl (C=O) groups excluding carboxylic acids is 1. The van der Waals surface area contributed by atoms with Crippen LogP contribution in [0.15, 0.2) is 11.7 Å². The largest absolute Gasteiger partial charge is 0.319 e. The molecule has 0 aliphatic carbocycles. The second-order valence-electron chi connectivity index (χ2n) is 4.79. The van der Waals surface area contributed by atoms with Gasteiger partial charge in [0.2, 0.25) is 5.91 Å². The van der Waals surface area contributed by atoms with E-state index in [9.17, 15) is 4.79 Å². The Morgan fingerprint density at radius 1 is 1.57 bits per heavy atom. The summed E-state index contributed by atoms with van der Waals surface area (Å²) in [6.07, 6.45) is 1.68. The molecule has 0 fully saturated rings. The lowest BCUT2D eigenvalue weighted by Gasteiger charge is -2.14. The van der Waals surface area contributed by atoms with E-state index in [1.54, 1.807) is 18.2 Å². The number of carbonyl (C=O) groups is 1. The molecular weight excluding hydrogens is 288 g/mol. The Morgan fingerprint density at radius 2 is 2.33 bits per heavy atom. The third kappa shape index (κ3) is 3.64. The first-order valence-corrected chi connectivity index (χ1v) is 7.70. The van der Waals surface area contributed by atoms with E-state index >= 15 is 0 Å². The molecule has 0 aliphatic rings. The van der Waals surface area contributed by atoms with Crippen LogP contribution in [-0.4, -0.2) is 32.2 Å². The summed E-state index contributed by atoms with van der Waals surface area (Å²) in [5.74, 6) is 0.892. The average Bonchev–Trinajstić information content (AvgIpc) is 3.06. The van der Waals surface area contributed by atoms with Crippen molar-refractivity contribution >= 4 is 22.4 Å². The smallest absolute Gasteiger partial charge is 0.225 e. The summed E-state index contributed by atoms with van der Waals surface area (Å²) in [6, 6.07) is 0.0812. The molecule has 2 rings (SSSR count). The van der Waals surface area contributed by atoms with Crippen molar-refractivity contribution < 1.29 is 4.79 Å². The van der Waals surface area contributed by atoms with Gasteiger partial charge in [-0.3, -0.25) is 9.69 Å². The van der Waals surface area contributed by atoms with Gasteiger partial charge in [-0.2, -0.15) is 0 Å². The number of nitrogens with one attached hydrogen (secondary N) is 1. The highest BCUT2D eigenvalue weighted by Crippen LogP contribution is 2.21. The Balaban J connectivity index is 1.97. The van der Waals surface area contributed by atoms with E-state index in [1.807, 2.05) is 30.8 Å². The molecule has 0 saturated carbocycles. The Bertz CT molecular complexity index is 607. The van der Waals surface area contributed by atoms with Gasteiger partial charge in [-0.25, -0.2) is 4.98 Å². The SMILES string of the molecule is CCN(C(C)=O)c1nc(CNC(C)c2nncn2C)cs1. The highest BCUT2D eigenvalue weighted by atomic mass is 32.1. The minimum absolute atomic E-state index is 0.0128. The summed E-state index contributed by atoms with van der Waals surface area (Å²) < 4.78 is 1.89. The van der Waals surface area contributed by atoms with Crippen molar-refractivity contribution in [2.45, 2.75) is 33.4 Å². The van der Waals surface area contributed by atoms with Gasteiger partial charge < -0.3 is 9.88 Å². The molecule has 0 spiro atoms. The van der Waals surface area contributed by atoms with Crippen molar-refractivity contribution in [3.63, 3.8) is 0 Å². The summed E-state index contributed by atoms with van der Waals surface area (Å²) in [4.78, 5) is 17.7. The predicted octanol–water partition coefficient (Wildman–Crippen LogP) is 1.50. The zero-order chi connectivity index (χ0) is 15.4.